The minimum absolute atomic E-state index is 0.204. The van der Waals surface area contributed by atoms with E-state index in [-0.39, 0.29) is 5.75 Å². The first-order valence-corrected chi connectivity index (χ1v) is 4.90. The predicted octanol–water partition coefficient (Wildman–Crippen LogP) is 1.84. The number of aromatic hydroxyl groups is 1. The fourth-order valence-electron chi connectivity index (χ4n) is 0.818. The SMILES string of the molecule is C=CC(=O)O.COC(=O)/C=C/c1ccc(O)cc1. The van der Waals surface area contributed by atoms with Gasteiger partial charge in [0.25, 0.3) is 0 Å². The van der Waals surface area contributed by atoms with Crippen LogP contribution in [0, 0.1) is 0 Å². The van der Waals surface area contributed by atoms with Gasteiger partial charge in [-0.1, -0.05) is 18.7 Å². The van der Waals surface area contributed by atoms with Crippen LogP contribution >= 0.6 is 0 Å². The van der Waals surface area contributed by atoms with E-state index in [1.54, 1.807) is 30.3 Å². The molecule has 0 saturated carbocycles. The Morgan fingerprint density at radius 3 is 2.17 bits per heavy atom. The number of phenolic OH excluding ortho intramolecular Hbond substituents is 1. The fourth-order valence-corrected chi connectivity index (χ4v) is 0.818. The first-order valence-electron chi connectivity index (χ1n) is 4.90. The Morgan fingerprint density at radius 1 is 1.28 bits per heavy atom. The minimum atomic E-state index is -0.981. The first-order chi connectivity index (χ1) is 8.49. The molecule has 0 aliphatic carbocycles. The molecule has 1 aromatic carbocycles. The molecular formula is C13H14O5. The molecule has 0 unspecified atom stereocenters. The molecule has 0 radical (unpaired) electrons. The van der Waals surface area contributed by atoms with E-state index in [1.807, 2.05) is 0 Å². The normalized spacial score (nSPS) is 9.17. The van der Waals surface area contributed by atoms with Crippen molar-refractivity contribution in [2.24, 2.45) is 0 Å². The molecule has 0 atom stereocenters. The number of rotatable bonds is 3. The number of esters is 1. The largest absolute Gasteiger partial charge is 0.508 e. The van der Waals surface area contributed by atoms with Crippen molar-refractivity contribution in [2.45, 2.75) is 0 Å². The number of carboxylic acids is 1. The number of hydrogen-bond acceptors (Lipinski definition) is 4. The third-order valence-electron chi connectivity index (χ3n) is 1.68. The van der Waals surface area contributed by atoms with Crippen molar-refractivity contribution in [3.05, 3.63) is 48.6 Å². The van der Waals surface area contributed by atoms with E-state index in [0.29, 0.717) is 0 Å². The summed E-state index contributed by atoms with van der Waals surface area (Å²) in [5.74, 6) is -1.17. The Kier molecular flexibility index (Phi) is 7.36. The highest BCUT2D eigenvalue weighted by Gasteiger charge is 1.91. The van der Waals surface area contributed by atoms with Crippen molar-refractivity contribution in [1.29, 1.82) is 0 Å². The van der Waals surface area contributed by atoms with E-state index >= 15 is 0 Å². The van der Waals surface area contributed by atoms with Gasteiger partial charge in [0.1, 0.15) is 5.75 Å². The molecule has 0 fully saturated rings. The number of phenols is 1. The van der Waals surface area contributed by atoms with E-state index in [1.165, 1.54) is 13.2 Å². The average molecular weight is 250 g/mol. The van der Waals surface area contributed by atoms with E-state index in [0.717, 1.165) is 11.6 Å². The Hall–Kier alpha value is -2.56. The molecule has 1 rings (SSSR count). The molecule has 0 aliphatic rings. The zero-order chi connectivity index (χ0) is 14.0. The number of aliphatic carboxylic acids is 1. The minimum Gasteiger partial charge on any atom is -0.508 e. The molecule has 0 saturated heterocycles. The van der Waals surface area contributed by atoms with Crippen molar-refractivity contribution in [1.82, 2.24) is 0 Å². The van der Waals surface area contributed by atoms with Gasteiger partial charge in [0.15, 0.2) is 0 Å². The van der Waals surface area contributed by atoms with Crippen LogP contribution in [0.4, 0.5) is 0 Å². The summed E-state index contributed by atoms with van der Waals surface area (Å²) in [4.78, 5) is 19.9. The van der Waals surface area contributed by atoms with Gasteiger partial charge in [0, 0.05) is 12.2 Å². The van der Waals surface area contributed by atoms with Crippen LogP contribution in [-0.4, -0.2) is 29.3 Å². The number of carbonyl (C=O) groups excluding carboxylic acids is 1. The Labute approximate surface area is 105 Å². The van der Waals surface area contributed by atoms with Gasteiger partial charge in [-0.15, -0.1) is 0 Å². The molecule has 0 bridgehead atoms. The highest BCUT2D eigenvalue weighted by Crippen LogP contribution is 2.10. The Morgan fingerprint density at radius 2 is 1.78 bits per heavy atom. The van der Waals surface area contributed by atoms with E-state index in [4.69, 9.17) is 10.2 Å². The summed E-state index contributed by atoms with van der Waals surface area (Å²) < 4.78 is 4.42. The van der Waals surface area contributed by atoms with E-state index in [9.17, 15) is 9.59 Å². The summed E-state index contributed by atoms with van der Waals surface area (Å²) in [5, 5.41) is 16.6. The van der Waals surface area contributed by atoms with Crippen LogP contribution < -0.4 is 0 Å². The molecule has 0 aromatic heterocycles. The van der Waals surface area contributed by atoms with Gasteiger partial charge >= 0.3 is 11.9 Å². The first kappa shape index (κ1) is 15.4. The number of ether oxygens (including phenoxy) is 1. The molecule has 18 heavy (non-hydrogen) atoms. The van der Waals surface area contributed by atoms with Crippen molar-refractivity contribution in [2.75, 3.05) is 7.11 Å². The second-order valence-corrected chi connectivity index (χ2v) is 2.99. The number of benzene rings is 1. The maximum atomic E-state index is 10.7. The van der Waals surface area contributed by atoms with Crippen molar-refractivity contribution in [3.8, 4) is 5.75 Å². The summed E-state index contributed by atoms with van der Waals surface area (Å²) in [6, 6.07) is 6.51. The van der Waals surface area contributed by atoms with Crippen LogP contribution in [0.5, 0.6) is 5.75 Å². The molecule has 2 N–H and O–H groups in total. The number of carboxylic acid groups (broad SMARTS) is 1. The molecule has 5 heteroatoms. The van der Waals surface area contributed by atoms with Crippen LogP contribution in [0.3, 0.4) is 0 Å². The third-order valence-corrected chi connectivity index (χ3v) is 1.68. The van der Waals surface area contributed by atoms with E-state index in [2.05, 4.69) is 11.3 Å². The summed E-state index contributed by atoms with van der Waals surface area (Å²) >= 11 is 0. The maximum Gasteiger partial charge on any atom is 0.330 e. The second kappa shape index (κ2) is 8.58. The van der Waals surface area contributed by atoms with Crippen molar-refractivity contribution < 1.29 is 24.5 Å². The van der Waals surface area contributed by atoms with Gasteiger partial charge in [0.2, 0.25) is 0 Å². The van der Waals surface area contributed by atoms with E-state index < -0.39 is 11.9 Å². The maximum absolute atomic E-state index is 10.7. The van der Waals surface area contributed by atoms with Gasteiger partial charge in [0.05, 0.1) is 7.11 Å². The summed E-state index contributed by atoms with van der Waals surface area (Å²) in [6.07, 6.45) is 3.78. The molecule has 0 heterocycles. The second-order valence-electron chi connectivity index (χ2n) is 2.99. The Bertz CT molecular complexity index is 431. The smallest absolute Gasteiger partial charge is 0.330 e. The van der Waals surface area contributed by atoms with Crippen LogP contribution in [0.15, 0.2) is 43.0 Å². The standard InChI is InChI=1S/C10H10O3.C3H4O2/c1-13-10(12)7-4-8-2-5-9(11)6-3-8;1-2-3(4)5/h2-7,11H,1H3;2H,1H2,(H,4,5)/b7-4+;. The molecular weight excluding hydrogens is 236 g/mol. The van der Waals surface area contributed by atoms with Crippen LogP contribution in [-0.2, 0) is 14.3 Å². The van der Waals surface area contributed by atoms with Crippen molar-refractivity contribution >= 4 is 18.0 Å². The lowest BCUT2D eigenvalue weighted by molar-refractivity contribution is -0.135. The topological polar surface area (TPSA) is 83.8 Å². The van der Waals surface area contributed by atoms with Crippen molar-refractivity contribution in [3.63, 3.8) is 0 Å². The zero-order valence-corrected chi connectivity index (χ0v) is 9.87. The average Bonchev–Trinajstić information content (AvgIpc) is 2.38. The molecule has 96 valence electrons. The zero-order valence-electron chi connectivity index (χ0n) is 9.87. The number of carbonyl (C=O) groups is 2. The van der Waals surface area contributed by atoms with Gasteiger partial charge in [-0.05, 0) is 23.8 Å². The molecule has 0 spiro atoms. The third kappa shape index (κ3) is 7.70. The highest BCUT2D eigenvalue weighted by molar-refractivity contribution is 5.86. The quantitative estimate of drug-likeness (QED) is 0.631. The molecule has 5 nitrogen and oxygen atoms in total. The van der Waals surface area contributed by atoms with Gasteiger partial charge in [-0.2, -0.15) is 0 Å². The summed E-state index contributed by atoms with van der Waals surface area (Å²) in [5.41, 5.74) is 0.836. The Balaban J connectivity index is 0.000000494. The lowest BCUT2D eigenvalue weighted by Crippen LogP contribution is -1.92. The monoisotopic (exact) mass is 250 g/mol. The molecule has 1 aromatic rings. The van der Waals surface area contributed by atoms with Gasteiger partial charge in [-0.25, -0.2) is 9.59 Å². The number of methoxy groups -OCH3 is 1. The lowest BCUT2D eigenvalue weighted by Gasteiger charge is -1.93. The highest BCUT2D eigenvalue weighted by atomic mass is 16.5. The van der Waals surface area contributed by atoms with Gasteiger partial charge < -0.3 is 14.9 Å². The molecule has 0 amide bonds. The summed E-state index contributed by atoms with van der Waals surface area (Å²) in [7, 11) is 1.32. The van der Waals surface area contributed by atoms with Crippen LogP contribution in [0.25, 0.3) is 6.08 Å². The molecule has 0 aliphatic heterocycles. The number of hydrogen-bond donors (Lipinski definition) is 2. The summed E-state index contributed by atoms with van der Waals surface area (Å²) in [6.45, 7) is 2.96. The lowest BCUT2D eigenvalue weighted by atomic mass is 10.2. The fraction of sp³-hybridized carbons (Fsp3) is 0.0769. The van der Waals surface area contributed by atoms with Crippen LogP contribution in [0.2, 0.25) is 0 Å². The van der Waals surface area contributed by atoms with Crippen LogP contribution in [0.1, 0.15) is 5.56 Å². The predicted molar refractivity (Wildman–Crippen MR) is 67.0 cm³/mol. The van der Waals surface area contributed by atoms with Gasteiger partial charge in [-0.3, -0.25) is 0 Å².